The number of piperazine rings is 1. The molecule has 1 saturated heterocycles. The van der Waals surface area contributed by atoms with E-state index in [0.717, 1.165) is 26.2 Å². The molecule has 3 heteroatoms. The minimum atomic E-state index is 0.313. The highest BCUT2D eigenvalue weighted by molar-refractivity contribution is 5.84. The van der Waals surface area contributed by atoms with E-state index in [9.17, 15) is 0 Å². The molecule has 0 spiro atoms. The fraction of sp³-hybridized carbons (Fsp3) is 0.375. The molecule has 0 bridgehead atoms. The molecule has 1 aliphatic rings. The van der Waals surface area contributed by atoms with E-state index in [1.165, 1.54) is 16.5 Å². The summed E-state index contributed by atoms with van der Waals surface area (Å²) in [6.07, 6.45) is 4.33. The maximum absolute atomic E-state index is 4.06. The molecule has 3 rings (SSSR count). The first-order valence-electron chi connectivity index (χ1n) is 6.92. The van der Waals surface area contributed by atoms with E-state index >= 15 is 0 Å². The Morgan fingerprint density at radius 2 is 2.00 bits per heavy atom. The highest BCUT2D eigenvalue weighted by Gasteiger charge is 2.22. The summed E-state index contributed by atoms with van der Waals surface area (Å²) < 4.78 is 2.21. The lowest BCUT2D eigenvalue weighted by atomic mass is 10.0. The van der Waals surface area contributed by atoms with Crippen LogP contribution in [-0.2, 0) is 7.05 Å². The molecule has 0 radical (unpaired) electrons. The van der Waals surface area contributed by atoms with Crippen LogP contribution in [0.2, 0.25) is 0 Å². The van der Waals surface area contributed by atoms with Crippen molar-refractivity contribution in [1.82, 2.24) is 14.8 Å². The second kappa shape index (κ2) is 5.19. The van der Waals surface area contributed by atoms with E-state index < -0.39 is 0 Å². The third kappa shape index (κ3) is 2.20. The molecule has 1 atom stereocenters. The number of rotatable bonds is 3. The number of aryl methyl sites for hydroxylation is 1. The van der Waals surface area contributed by atoms with Crippen molar-refractivity contribution >= 4 is 10.9 Å². The quantitative estimate of drug-likeness (QED) is 0.849. The Kier molecular flexibility index (Phi) is 3.40. The summed E-state index contributed by atoms with van der Waals surface area (Å²) in [7, 11) is 2.11. The molecular formula is C16H21N3. The van der Waals surface area contributed by atoms with Crippen LogP contribution in [0.3, 0.4) is 0 Å². The standard InChI is InChI=1S/C16H21N3/c1-3-15(19-10-8-17-9-11-19)14-12-18(2)16-7-5-4-6-13(14)16/h3-7,12,15,17H,1,8-11H2,2H3/t15-/m0/s1. The third-order valence-electron chi connectivity index (χ3n) is 4.01. The first-order chi connectivity index (χ1) is 9.31. The zero-order valence-corrected chi connectivity index (χ0v) is 11.5. The predicted molar refractivity (Wildman–Crippen MR) is 80.3 cm³/mol. The molecule has 0 saturated carbocycles. The maximum atomic E-state index is 4.06. The van der Waals surface area contributed by atoms with Crippen molar-refractivity contribution in [2.45, 2.75) is 6.04 Å². The van der Waals surface area contributed by atoms with Gasteiger partial charge >= 0.3 is 0 Å². The molecule has 2 aromatic rings. The van der Waals surface area contributed by atoms with Crippen LogP contribution < -0.4 is 5.32 Å². The monoisotopic (exact) mass is 255 g/mol. The maximum Gasteiger partial charge on any atom is 0.0551 e. The Labute approximate surface area is 114 Å². The van der Waals surface area contributed by atoms with Gasteiger partial charge in [-0.2, -0.15) is 0 Å². The molecule has 0 aliphatic carbocycles. The zero-order chi connectivity index (χ0) is 13.2. The number of nitrogens with zero attached hydrogens (tertiary/aromatic N) is 2. The summed E-state index contributed by atoms with van der Waals surface area (Å²) in [5, 5.41) is 4.75. The molecule has 1 N–H and O–H groups in total. The van der Waals surface area contributed by atoms with Gasteiger partial charge in [0.25, 0.3) is 0 Å². The van der Waals surface area contributed by atoms with Gasteiger partial charge in [-0.1, -0.05) is 24.3 Å². The molecule has 0 amide bonds. The van der Waals surface area contributed by atoms with E-state index in [1.54, 1.807) is 0 Å². The van der Waals surface area contributed by atoms with Gasteiger partial charge in [-0.05, 0) is 11.6 Å². The molecule has 19 heavy (non-hydrogen) atoms. The smallest absolute Gasteiger partial charge is 0.0551 e. The normalized spacial score (nSPS) is 18.6. The molecule has 1 aromatic carbocycles. The summed E-state index contributed by atoms with van der Waals surface area (Å²) >= 11 is 0. The van der Waals surface area contributed by atoms with Crippen LogP contribution in [0.1, 0.15) is 11.6 Å². The van der Waals surface area contributed by atoms with Crippen LogP contribution >= 0.6 is 0 Å². The number of hydrogen-bond acceptors (Lipinski definition) is 2. The van der Waals surface area contributed by atoms with Crippen molar-refractivity contribution in [3.8, 4) is 0 Å². The summed E-state index contributed by atoms with van der Waals surface area (Å²) in [4.78, 5) is 2.51. The molecule has 2 heterocycles. The van der Waals surface area contributed by atoms with Crippen molar-refractivity contribution in [2.75, 3.05) is 26.2 Å². The third-order valence-corrected chi connectivity index (χ3v) is 4.01. The Hall–Kier alpha value is -1.58. The number of para-hydroxylation sites is 1. The SMILES string of the molecule is C=C[C@@H](c1cn(C)c2ccccc12)N1CCNCC1. The van der Waals surface area contributed by atoms with Gasteiger partial charge < -0.3 is 9.88 Å². The van der Waals surface area contributed by atoms with E-state index in [2.05, 4.69) is 64.9 Å². The predicted octanol–water partition coefficient (Wildman–Crippen LogP) is 2.31. The van der Waals surface area contributed by atoms with Crippen LogP contribution in [0.25, 0.3) is 10.9 Å². The average molecular weight is 255 g/mol. The van der Waals surface area contributed by atoms with Crippen LogP contribution in [0, 0.1) is 0 Å². The lowest BCUT2D eigenvalue weighted by Gasteiger charge is -2.33. The van der Waals surface area contributed by atoms with E-state index in [4.69, 9.17) is 0 Å². The highest BCUT2D eigenvalue weighted by Crippen LogP contribution is 2.30. The Morgan fingerprint density at radius 1 is 1.26 bits per heavy atom. The summed E-state index contributed by atoms with van der Waals surface area (Å²) in [5.74, 6) is 0. The second-order valence-electron chi connectivity index (χ2n) is 5.18. The van der Waals surface area contributed by atoms with Crippen molar-refractivity contribution in [3.05, 3.63) is 48.7 Å². The van der Waals surface area contributed by atoms with Gasteiger partial charge in [0.1, 0.15) is 0 Å². The first-order valence-corrected chi connectivity index (χ1v) is 6.92. The fourth-order valence-corrected chi connectivity index (χ4v) is 3.04. The molecule has 100 valence electrons. The van der Waals surface area contributed by atoms with Crippen molar-refractivity contribution < 1.29 is 0 Å². The van der Waals surface area contributed by atoms with Crippen molar-refractivity contribution in [3.63, 3.8) is 0 Å². The van der Waals surface area contributed by atoms with Gasteiger partial charge in [0, 0.05) is 50.3 Å². The van der Waals surface area contributed by atoms with E-state index in [1.807, 2.05) is 0 Å². The van der Waals surface area contributed by atoms with E-state index in [-0.39, 0.29) is 0 Å². The van der Waals surface area contributed by atoms with Gasteiger partial charge in [-0.25, -0.2) is 0 Å². The van der Waals surface area contributed by atoms with E-state index in [0.29, 0.717) is 6.04 Å². The van der Waals surface area contributed by atoms with Gasteiger partial charge in [0.15, 0.2) is 0 Å². The fourth-order valence-electron chi connectivity index (χ4n) is 3.04. The van der Waals surface area contributed by atoms with Crippen molar-refractivity contribution in [1.29, 1.82) is 0 Å². The Balaban J connectivity index is 2.03. The van der Waals surface area contributed by atoms with Gasteiger partial charge in [0.05, 0.1) is 6.04 Å². The first kappa shape index (κ1) is 12.5. The number of hydrogen-bond donors (Lipinski definition) is 1. The minimum Gasteiger partial charge on any atom is -0.350 e. The molecule has 0 unspecified atom stereocenters. The molecular weight excluding hydrogens is 234 g/mol. The van der Waals surface area contributed by atoms with Gasteiger partial charge in [-0.3, -0.25) is 4.90 Å². The lowest BCUT2D eigenvalue weighted by molar-refractivity contribution is 0.204. The molecule has 1 aromatic heterocycles. The average Bonchev–Trinajstić information content (AvgIpc) is 2.79. The van der Waals surface area contributed by atoms with Crippen LogP contribution in [0.5, 0.6) is 0 Å². The highest BCUT2D eigenvalue weighted by atomic mass is 15.2. The number of benzene rings is 1. The number of aromatic nitrogens is 1. The summed E-state index contributed by atoms with van der Waals surface area (Å²) in [6.45, 7) is 8.35. The lowest BCUT2D eigenvalue weighted by Crippen LogP contribution is -2.44. The topological polar surface area (TPSA) is 20.2 Å². The largest absolute Gasteiger partial charge is 0.350 e. The van der Waals surface area contributed by atoms with Crippen LogP contribution in [-0.4, -0.2) is 35.6 Å². The Morgan fingerprint density at radius 3 is 2.74 bits per heavy atom. The Bertz CT molecular complexity index is 579. The van der Waals surface area contributed by atoms with Gasteiger partial charge in [0.2, 0.25) is 0 Å². The number of fused-ring (bicyclic) bond motifs is 1. The molecule has 3 nitrogen and oxygen atoms in total. The second-order valence-corrected chi connectivity index (χ2v) is 5.18. The van der Waals surface area contributed by atoms with Gasteiger partial charge in [-0.15, -0.1) is 6.58 Å². The zero-order valence-electron chi connectivity index (χ0n) is 11.5. The van der Waals surface area contributed by atoms with Crippen molar-refractivity contribution in [2.24, 2.45) is 7.05 Å². The van der Waals surface area contributed by atoms with Crippen LogP contribution in [0.15, 0.2) is 43.1 Å². The minimum absolute atomic E-state index is 0.313. The van der Waals surface area contributed by atoms with Crippen LogP contribution in [0.4, 0.5) is 0 Å². The summed E-state index contributed by atoms with van der Waals surface area (Å²) in [6, 6.07) is 8.91. The molecule has 1 fully saturated rings. The summed E-state index contributed by atoms with van der Waals surface area (Å²) in [5.41, 5.74) is 2.66. The molecule has 1 aliphatic heterocycles. The number of nitrogens with one attached hydrogen (secondary N) is 1.